The number of nitrogens with zero attached hydrogens (tertiary/aromatic N) is 1. The predicted molar refractivity (Wildman–Crippen MR) is 119 cm³/mol. The minimum absolute atomic E-state index is 0.191. The number of rotatable bonds is 5. The molecular weight excluding hydrogens is 416 g/mol. The predicted octanol–water partition coefficient (Wildman–Crippen LogP) is 4.21. The second-order valence-electron chi connectivity index (χ2n) is 6.82. The first-order valence-electron chi connectivity index (χ1n) is 9.34. The molecule has 0 fully saturated rings. The highest BCUT2D eigenvalue weighted by Crippen LogP contribution is 2.28. The number of aryl methyl sites for hydroxylation is 2. The van der Waals surface area contributed by atoms with Crippen molar-refractivity contribution < 1.29 is 14.0 Å². The van der Waals surface area contributed by atoms with Gasteiger partial charge in [-0.15, -0.1) is 11.3 Å². The van der Waals surface area contributed by atoms with Crippen molar-refractivity contribution in [2.45, 2.75) is 13.8 Å². The van der Waals surface area contributed by atoms with E-state index >= 15 is 0 Å². The molecule has 4 aromatic rings. The molecule has 3 aromatic heterocycles. The smallest absolute Gasteiger partial charge is 0.291 e. The van der Waals surface area contributed by atoms with E-state index in [4.69, 9.17) is 4.42 Å². The van der Waals surface area contributed by atoms with Crippen molar-refractivity contribution in [2.75, 3.05) is 10.6 Å². The molecule has 4 rings (SSSR count). The molecule has 9 heteroatoms. The van der Waals surface area contributed by atoms with Crippen LogP contribution >= 0.6 is 11.3 Å². The lowest BCUT2D eigenvalue weighted by Crippen LogP contribution is -2.12. The third-order valence-corrected chi connectivity index (χ3v) is 5.52. The molecule has 0 saturated heterocycles. The Bertz CT molecular complexity index is 1320. The number of furan rings is 1. The van der Waals surface area contributed by atoms with Gasteiger partial charge in [-0.1, -0.05) is 12.1 Å². The number of hydrogen-bond acceptors (Lipinski definition) is 6. The monoisotopic (exact) mass is 434 g/mol. The summed E-state index contributed by atoms with van der Waals surface area (Å²) in [6.07, 6.45) is 1.42. The van der Waals surface area contributed by atoms with Crippen LogP contribution < -0.4 is 16.2 Å². The maximum atomic E-state index is 12.8. The number of amides is 2. The molecule has 1 aromatic carbocycles. The van der Waals surface area contributed by atoms with Gasteiger partial charge in [-0.3, -0.25) is 14.4 Å². The molecule has 0 unspecified atom stereocenters. The van der Waals surface area contributed by atoms with E-state index in [1.54, 1.807) is 56.3 Å². The highest BCUT2D eigenvalue weighted by atomic mass is 32.1. The molecule has 0 spiro atoms. The van der Waals surface area contributed by atoms with Gasteiger partial charge in [0, 0.05) is 23.0 Å². The summed E-state index contributed by atoms with van der Waals surface area (Å²) in [7, 11) is 0. The van der Waals surface area contributed by atoms with Crippen LogP contribution in [0.1, 0.15) is 31.5 Å². The standard InChI is InChI=1S/C22H18N4O4S/c1-12-9-18(26-21(28)16-7-4-8-30-16)31-19(12)22(29)24-15-6-3-5-14(11-15)20-23-13(2)10-17(27)25-20/h3-11H,1-2H3,(H,24,29)(H,26,28)(H,23,25,27). The molecule has 0 aliphatic carbocycles. The van der Waals surface area contributed by atoms with Crippen LogP contribution in [-0.4, -0.2) is 21.8 Å². The number of carbonyl (C=O) groups is 2. The van der Waals surface area contributed by atoms with Crippen molar-refractivity contribution in [3.63, 3.8) is 0 Å². The molecule has 31 heavy (non-hydrogen) atoms. The van der Waals surface area contributed by atoms with Gasteiger partial charge in [0.05, 0.1) is 16.1 Å². The Morgan fingerprint density at radius 3 is 2.61 bits per heavy atom. The van der Waals surface area contributed by atoms with E-state index in [9.17, 15) is 14.4 Å². The second-order valence-corrected chi connectivity index (χ2v) is 7.88. The molecule has 0 bridgehead atoms. The van der Waals surface area contributed by atoms with Crippen molar-refractivity contribution in [3.05, 3.63) is 87.0 Å². The number of carbonyl (C=O) groups excluding carboxylic acids is 2. The van der Waals surface area contributed by atoms with Gasteiger partial charge < -0.3 is 20.0 Å². The third kappa shape index (κ3) is 4.62. The van der Waals surface area contributed by atoms with Gasteiger partial charge in [0.2, 0.25) is 0 Å². The summed E-state index contributed by atoms with van der Waals surface area (Å²) in [5.41, 5.74) is 2.33. The van der Waals surface area contributed by atoms with Crippen LogP contribution in [0.4, 0.5) is 10.7 Å². The lowest BCUT2D eigenvalue weighted by atomic mass is 10.1. The van der Waals surface area contributed by atoms with Gasteiger partial charge in [0.1, 0.15) is 5.82 Å². The fourth-order valence-corrected chi connectivity index (χ4v) is 3.96. The minimum atomic E-state index is -0.384. The molecule has 2 amide bonds. The fourth-order valence-electron chi connectivity index (χ4n) is 3.00. The van der Waals surface area contributed by atoms with Gasteiger partial charge in [-0.05, 0) is 49.7 Å². The number of hydrogen-bond donors (Lipinski definition) is 3. The summed E-state index contributed by atoms with van der Waals surface area (Å²) in [5.74, 6) is -0.0672. The fraction of sp³-hybridized carbons (Fsp3) is 0.0909. The minimum Gasteiger partial charge on any atom is -0.459 e. The first-order chi connectivity index (χ1) is 14.9. The van der Waals surface area contributed by atoms with E-state index in [-0.39, 0.29) is 23.1 Å². The molecule has 8 nitrogen and oxygen atoms in total. The first kappa shape index (κ1) is 20.3. The summed E-state index contributed by atoms with van der Waals surface area (Å²) < 4.78 is 5.08. The molecule has 0 aliphatic rings. The summed E-state index contributed by atoms with van der Waals surface area (Å²) >= 11 is 1.17. The molecule has 0 aliphatic heterocycles. The Balaban J connectivity index is 1.52. The average Bonchev–Trinajstić information content (AvgIpc) is 3.37. The van der Waals surface area contributed by atoms with Crippen molar-refractivity contribution in [3.8, 4) is 11.4 Å². The molecule has 0 atom stereocenters. The first-order valence-corrected chi connectivity index (χ1v) is 10.2. The maximum Gasteiger partial charge on any atom is 0.291 e. The summed E-state index contributed by atoms with van der Waals surface area (Å²) in [6, 6.07) is 13.4. The van der Waals surface area contributed by atoms with Crippen LogP contribution in [0, 0.1) is 13.8 Å². The third-order valence-electron chi connectivity index (χ3n) is 4.37. The average molecular weight is 434 g/mol. The van der Waals surface area contributed by atoms with Gasteiger partial charge in [0.25, 0.3) is 17.4 Å². The Hall–Kier alpha value is -3.98. The lowest BCUT2D eigenvalue weighted by Gasteiger charge is -2.07. The zero-order valence-corrected chi connectivity index (χ0v) is 17.5. The van der Waals surface area contributed by atoms with Gasteiger partial charge >= 0.3 is 0 Å². The number of H-pyrrole nitrogens is 1. The van der Waals surface area contributed by atoms with Crippen LogP contribution in [0.2, 0.25) is 0 Å². The molecule has 0 radical (unpaired) electrons. The SMILES string of the molecule is Cc1cc(=O)[nH]c(-c2cccc(NC(=O)c3sc(NC(=O)c4ccco4)cc3C)c2)n1. The summed E-state index contributed by atoms with van der Waals surface area (Å²) in [4.78, 5) is 44.2. The number of aromatic nitrogens is 2. The quantitative estimate of drug-likeness (QED) is 0.435. The van der Waals surface area contributed by atoms with Crippen LogP contribution in [0.5, 0.6) is 0 Å². The van der Waals surface area contributed by atoms with Gasteiger partial charge in [-0.25, -0.2) is 4.98 Å². The van der Waals surface area contributed by atoms with E-state index in [2.05, 4.69) is 20.6 Å². The maximum absolute atomic E-state index is 12.8. The van der Waals surface area contributed by atoms with Crippen molar-refractivity contribution in [1.82, 2.24) is 9.97 Å². The van der Waals surface area contributed by atoms with Gasteiger partial charge in [-0.2, -0.15) is 0 Å². The molecule has 3 heterocycles. The largest absolute Gasteiger partial charge is 0.459 e. The molecular formula is C22H18N4O4S. The van der Waals surface area contributed by atoms with Crippen molar-refractivity contribution in [2.24, 2.45) is 0 Å². The normalized spacial score (nSPS) is 10.6. The van der Waals surface area contributed by atoms with Crippen LogP contribution in [0.25, 0.3) is 11.4 Å². The Kier molecular flexibility index (Phi) is 5.50. The Morgan fingerprint density at radius 1 is 1.03 bits per heavy atom. The number of nitrogens with one attached hydrogen (secondary N) is 3. The second kappa shape index (κ2) is 8.41. The topological polar surface area (TPSA) is 117 Å². The number of aromatic amines is 1. The lowest BCUT2D eigenvalue weighted by molar-refractivity contribution is 0.0995. The van der Waals surface area contributed by atoms with E-state index in [0.717, 1.165) is 5.56 Å². The number of thiophene rings is 1. The van der Waals surface area contributed by atoms with Crippen LogP contribution in [0.15, 0.2) is 64.0 Å². The van der Waals surface area contributed by atoms with E-state index in [1.165, 1.54) is 23.7 Å². The molecule has 0 saturated carbocycles. The van der Waals surface area contributed by atoms with E-state index in [0.29, 0.717) is 32.6 Å². The number of anilines is 2. The Labute approximate surface area is 181 Å². The van der Waals surface area contributed by atoms with Crippen LogP contribution in [-0.2, 0) is 0 Å². The zero-order chi connectivity index (χ0) is 22.0. The highest BCUT2D eigenvalue weighted by Gasteiger charge is 2.17. The number of benzene rings is 1. The zero-order valence-electron chi connectivity index (χ0n) is 16.7. The van der Waals surface area contributed by atoms with Crippen LogP contribution in [0.3, 0.4) is 0 Å². The Morgan fingerprint density at radius 2 is 1.87 bits per heavy atom. The summed E-state index contributed by atoms with van der Waals surface area (Å²) in [6.45, 7) is 3.54. The van der Waals surface area contributed by atoms with E-state index < -0.39 is 0 Å². The highest BCUT2D eigenvalue weighted by molar-refractivity contribution is 7.18. The summed E-state index contributed by atoms with van der Waals surface area (Å²) in [5, 5.41) is 6.12. The van der Waals surface area contributed by atoms with E-state index in [1.807, 2.05) is 0 Å². The molecule has 3 N–H and O–H groups in total. The van der Waals surface area contributed by atoms with Crippen molar-refractivity contribution >= 4 is 33.8 Å². The molecule has 156 valence electrons. The van der Waals surface area contributed by atoms with Gasteiger partial charge in [0.15, 0.2) is 5.76 Å². The van der Waals surface area contributed by atoms with Crippen molar-refractivity contribution in [1.29, 1.82) is 0 Å².